The summed E-state index contributed by atoms with van der Waals surface area (Å²) in [7, 11) is 0. The van der Waals surface area contributed by atoms with Crippen LogP contribution in [-0.2, 0) is 6.42 Å². The smallest absolute Gasteiger partial charge is 0.179 e. The van der Waals surface area contributed by atoms with E-state index in [0.29, 0.717) is 12.1 Å². The summed E-state index contributed by atoms with van der Waals surface area (Å²) in [6, 6.07) is 12.5. The molecule has 1 aromatic heterocycles. The standard InChI is InChI=1S/C19H18FNO/c1-12-3-4-13(2)14(9-12)5-8-19(22)18-11-15-10-16(20)6-7-17(15)21-18/h3-4,6-7,9-11,21H,5,8H2,1-2H3. The average Bonchev–Trinajstić information content (AvgIpc) is 2.91. The van der Waals surface area contributed by atoms with Gasteiger partial charge in [-0.05, 0) is 55.7 Å². The van der Waals surface area contributed by atoms with Gasteiger partial charge < -0.3 is 4.98 Å². The normalized spacial score (nSPS) is 11.0. The fraction of sp³-hybridized carbons (Fsp3) is 0.211. The number of fused-ring (bicyclic) bond motifs is 1. The molecule has 0 unspecified atom stereocenters. The molecule has 0 aliphatic heterocycles. The number of carbonyl (C=O) groups is 1. The molecule has 3 aromatic rings. The average molecular weight is 295 g/mol. The summed E-state index contributed by atoms with van der Waals surface area (Å²) in [4.78, 5) is 15.4. The third-order valence-corrected chi connectivity index (χ3v) is 4.01. The summed E-state index contributed by atoms with van der Waals surface area (Å²) in [5, 5.41) is 0.732. The molecular formula is C19H18FNO. The van der Waals surface area contributed by atoms with Gasteiger partial charge in [-0.25, -0.2) is 4.39 Å². The van der Waals surface area contributed by atoms with Crippen molar-refractivity contribution in [2.45, 2.75) is 26.7 Å². The van der Waals surface area contributed by atoms with Gasteiger partial charge in [0.25, 0.3) is 0 Å². The van der Waals surface area contributed by atoms with Crippen LogP contribution in [0.1, 0.15) is 33.6 Å². The zero-order valence-corrected chi connectivity index (χ0v) is 12.7. The first-order chi connectivity index (χ1) is 10.5. The minimum absolute atomic E-state index is 0.0533. The molecule has 3 rings (SSSR count). The van der Waals surface area contributed by atoms with E-state index < -0.39 is 0 Å². The molecule has 0 amide bonds. The van der Waals surface area contributed by atoms with Crippen LogP contribution < -0.4 is 0 Å². The lowest BCUT2D eigenvalue weighted by Gasteiger charge is -2.06. The van der Waals surface area contributed by atoms with Crippen molar-refractivity contribution in [3.05, 3.63) is 70.7 Å². The Kier molecular flexibility index (Phi) is 3.80. The van der Waals surface area contributed by atoms with Crippen LogP contribution in [-0.4, -0.2) is 10.8 Å². The van der Waals surface area contributed by atoms with Crippen molar-refractivity contribution < 1.29 is 9.18 Å². The molecule has 1 heterocycles. The maximum Gasteiger partial charge on any atom is 0.179 e. The van der Waals surface area contributed by atoms with Crippen LogP contribution in [0.2, 0.25) is 0 Å². The number of H-pyrrole nitrogens is 1. The van der Waals surface area contributed by atoms with E-state index in [1.807, 2.05) is 0 Å². The van der Waals surface area contributed by atoms with E-state index in [1.54, 1.807) is 12.1 Å². The predicted molar refractivity (Wildman–Crippen MR) is 86.8 cm³/mol. The van der Waals surface area contributed by atoms with Gasteiger partial charge in [-0.2, -0.15) is 0 Å². The molecule has 0 aliphatic rings. The summed E-state index contributed by atoms with van der Waals surface area (Å²) in [6.07, 6.45) is 1.16. The lowest BCUT2D eigenvalue weighted by molar-refractivity contribution is 0.0979. The number of rotatable bonds is 4. The lowest BCUT2D eigenvalue weighted by atomic mass is 9.99. The largest absolute Gasteiger partial charge is 0.352 e. The highest BCUT2D eigenvalue weighted by molar-refractivity contribution is 5.99. The number of hydrogen-bond donors (Lipinski definition) is 1. The Morgan fingerprint density at radius 3 is 2.73 bits per heavy atom. The minimum Gasteiger partial charge on any atom is -0.352 e. The molecular weight excluding hydrogens is 277 g/mol. The number of nitrogens with one attached hydrogen (secondary N) is 1. The Balaban J connectivity index is 1.77. The molecule has 2 nitrogen and oxygen atoms in total. The van der Waals surface area contributed by atoms with Crippen molar-refractivity contribution >= 4 is 16.7 Å². The van der Waals surface area contributed by atoms with Crippen molar-refractivity contribution in [3.63, 3.8) is 0 Å². The molecule has 1 N–H and O–H groups in total. The van der Waals surface area contributed by atoms with Crippen molar-refractivity contribution in [2.24, 2.45) is 0 Å². The van der Waals surface area contributed by atoms with Gasteiger partial charge in [-0.1, -0.05) is 23.8 Å². The van der Waals surface area contributed by atoms with Crippen LogP contribution in [0.25, 0.3) is 10.9 Å². The van der Waals surface area contributed by atoms with Gasteiger partial charge in [-0.15, -0.1) is 0 Å². The van der Waals surface area contributed by atoms with E-state index in [1.165, 1.54) is 28.8 Å². The Labute approximate surface area is 129 Å². The first kappa shape index (κ1) is 14.5. The Morgan fingerprint density at radius 1 is 1.09 bits per heavy atom. The van der Waals surface area contributed by atoms with Gasteiger partial charge in [-0.3, -0.25) is 4.79 Å². The van der Waals surface area contributed by atoms with Crippen LogP contribution >= 0.6 is 0 Å². The zero-order valence-electron chi connectivity index (χ0n) is 12.7. The van der Waals surface area contributed by atoms with Crippen LogP contribution in [0.4, 0.5) is 4.39 Å². The molecule has 0 fully saturated rings. The highest BCUT2D eigenvalue weighted by atomic mass is 19.1. The lowest BCUT2D eigenvalue weighted by Crippen LogP contribution is -2.02. The highest BCUT2D eigenvalue weighted by Crippen LogP contribution is 2.19. The molecule has 0 atom stereocenters. The van der Waals surface area contributed by atoms with Crippen LogP contribution in [0, 0.1) is 19.7 Å². The molecule has 0 aliphatic carbocycles. The molecule has 3 heteroatoms. The van der Waals surface area contributed by atoms with Gasteiger partial charge in [0.1, 0.15) is 5.82 Å². The van der Waals surface area contributed by atoms with E-state index in [4.69, 9.17) is 0 Å². The fourth-order valence-electron chi connectivity index (χ4n) is 2.71. The van der Waals surface area contributed by atoms with Gasteiger partial charge in [0, 0.05) is 17.3 Å². The summed E-state index contributed by atoms with van der Waals surface area (Å²) in [6.45, 7) is 4.11. The minimum atomic E-state index is -0.291. The Hall–Kier alpha value is -2.42. The molecule has 0 bridgehead atoms. The van der Waals surface area contributed by atoms with Gasteiger partial charge >= 0.3 is 0 Å². The number of Topliss-reactive ketones (excluding diaryl/α,β-unsaturated/α-hetero) is 1. The van der Waals surface area contributed by atoms with E-state index in [9.17, 15) is 9.18 Å². The monoisotopic (exact) mass is 295 g/mol. The predicted octanol–water partition coefficient (Wildman–Crippen LogP) is 4.74. The molecule has 22 heavy (non-hydrogen) atoms. The van der Waals surface area contributed by atoms with Gasteiger partial charge in [0.15, 0.2) is 5.78 Å². The summed E-state index contributed by atoms with van der Waals surface area (Å²) in [5.74, 6) is -0.238. The van der Waals surface area contributed by atoms with Gasteiger partial charge in [0.2, 0.25) is 0 Å². The zero-order chi connectivity index (χ0) is 15.7. The number of aryl methyl sites for hydroxylation is 3. The van der Waals surface area contributed by atoms with Crippen LogP contribution in [0.15, 0.2) is 42.5 Å². The molecule has 0 radical (unpaired) electrons. The fourth-order valence-corrected chi connectivity index (χ4v) is 2.71. The number of ketones is 1. The van der Waals surface area contributed by atoms with E-state index in [0.717, 1.165) is 17.3 Å². The molecule has 112 valence electrons. The van der Waals surface area contributed by atoms with Crippen molar-refractivity contribution in [2.75, 3.05) is 0 Å². The second-order valence-electron chi connectivity index (χ2n) is 5.77. The number of carbonyl (C=O) groups excluding carboxylic acids is 1. The third-order valence-electron chi connectivity index (χ3n) is 4.01. The first-order valence-electron chi connectivity index (χ1n) is 7.40. The molecule has 0 saturated carbocycles. The second-order valence-corrected chi connectivity index (χ2v) is 5.77. The van der Waals surface area contributed by atoms with Gasteiger partial charge in [0.05, 0.1) is 5.69 Å². The summed E-state index contributed by atoms with van der Waals surface area (Å²) in [5.41, 5.74) is 4.95. The molecule has 0 spiro atoms. The number of aromatic nitrogens is 1. The van der Waals surface area contributed by atoms with Crippen molar-refractivity contribution in [1.29, 1.82) is 0 Å². The summed E-state index contributed by atoms with van der Waals surface area (Å²) >= 11 is 0. The SMILES string of the molecule is Cc1ccc(C)c(CCC(=O)c2cc3cc(F)ccc3[nH]2)c1. The Morgan fingerprint density at radius 2 is 1.91 bits per heavy atom. The number of halogens is 1. The topological polar surface area (TPSA) is 32.9 Å². The quantitative estimate of drug-likeness (QED) is 0.693. The first-order valence-corrected chi connectivity index (χ1v) is 7.40. The second kappa shape index (κ2) is 5.76. The van der Waals surface area contributed by atoms with E-state index in [2.05, 4.69) is 37.0 Å². The van der Waals surface area contributed by atoms with Crippen molar-refractivity contribution in [1.82, 2.24) is 4.98 Å². The maximum absolute atomic E-state index is 13.2. The Bertz CT molecular complexity index is 848. The number of aromatic amines is 1. The molecule has 0 saturated heterocycles. The summed E-state index contributed by atoms with van der Waals surface area (Å²) < 4.78 is 13.2. The third kappa shape index (κ3) is 2.93. The highest BCUT2D eigenvalue weighted by Gasteiger charge is 2.11. The van der Waals surface area contributed by atoms with E-state index >= 15 is 0 Å². The number of benzene rings is 2. The van der Waals surface area contributed by atoms with Crippen LogP contribution in [0.5, 0.6) is 0 Å². The number of hydrogen-bond acceptors (Lipinski definition) is 1. The molecule has 2 aromatic carbocycles. The van der Waals surface area contributed by atoms with Crippen molar-refractivity contribution in [3.8, 4) is 0 Å². The maximum atomic E-state index is 13.2. The van der Waals surface area contributed by atoms with E-state index in [-0.39, 0.29) is 11.6 Å². The van der Waals surface area contributed by atoms with Crippen LogP contribution in [0.3, 0.4) is 0 Å².